The number of esters is 1. The molecule has 1 fully saturated rings. The van der Waals surface area contributed by atoms with Gasteiger partial charge in [0.15, 0.2) is 6.10 Å². The van der Waals surface area contributed by atoms with Gasteiger partial charge in [0.25, 0.3) is 5.91 Å². The number of para-hydroxylation sites is 1. The van der Waals surface area contributed by atoms with Gasteiger partial charge in [-0.15, -0.1) is 0 Å². The van der Waals surface area contributed by atoms with Crippen molar-refractivity contribution >= 4 is 17.6 Å². The summed E-state index contributed by atoms with van der Waals surface area (Å²) in [5, 5.41) is 0. The molecule has 0 radical (unpaired) electrons. The number of ether oxygens (including phenoxy) is 1. The van der Waals surface area contributed by atoms with Crippen molar-refractivity contribution in [1.29, 1.82) is 0 Å². The molecule has 0 unspecified atom stereocenters. The van der Waals surface area contributed by atoms with Gasteiger partial charge in [-0.1, -0.05) is 18.2 Å². The Kier molecular flexibility index (Phi) is 5.07. The number of carbonyl (C=O) groups excluding carboxylic acids is 2. The first-order valence-electron chi connectivity index (χ1n) is 8.47. The quantitative estimate of drug-likeness (QED) is 0.798. The molecule has 0 spiro atoms. The fraction of sp³-hybridized carbons (Fsp3) is 0.368. The highest BCUT2D eigenvalue weighted by Crippen LogP contribution is 2.16. The zero-order chi connectivity index (χ0) is 17.8. The third-order valence-corrected chi connectivity index (χ3v) is 4.50. The Balaban J connectivity index is 1.53. The van der Waals surface area contributed by atoms with Crippen molar-refractivity contribution in [3.05, 3.63) is 54.4 Å². The Morgan fingerprint density at radius 1 is 1.00 bits per heavy atom. The number of anilines is 1. The van der Waals surface area contributed by atoms with E-state index < -0.39 is 12.1 Å². The first-order chi connectivity index (χ1) is 12.1. The van der Waals surface area contributed by atoms with Crippen molar-refractivity contribution < 1.29 is 14.3 Å². The van der Waals surface area contributed by atoms with E-state index in [0.717, 1.165) is 18.8 Å². The molecule has 1 aromatic heterocycles. The number of hydrogen-bond acceptors (Lipinski definition) is 4. The van der Waals surface area contributed by atoms with Gasteiger partial charge in [0, 0.05) is 45.1 Å². The van der Waals surface area contributed by atoms with Gasteiger partial charge in [-0.3, -0.25) is 4.79 Å². The Labute approximate surface area is 147 Å². The lowest BCUT2D eigenvalue weighted by atomic mass is 10.2. The van der Waals surface area contributed by atoms with Gasteiger partial charge in [-0.05, 0) is 31.2 Å². The molecule has 2 heterocycles. The second kappa shape index (κ2) is 7.42. The molecule has 6 nitrogen and oxygen atoms in total. The van der Waals surface area contributed by atoms with Gasteiger partial charge in [0.1, 0.15) is 5.69 Å². The minimum absolute atomic E-state index is 0.143. The Bertz CT molecular complexity index is 733. The number of piperazine rings is 1. The SMILES string of the molecule is C[C@H](OC(=O)c1cccn1C)C(=O)N1CCN(c2ccccc2)CC1. The van der Waals surface area contributed by atoms with Gasteiger partial charge in [-0.25, -0.2) is 4.79 Å². The summed E-state index contributed by atoms with van der Waals surface area (Å²) < 4.78 is 7.02. The molecule has 1 atom stereocenters. The van der Waals surface area contributed by atoms with E-state index in [9.17, 15) is 9.59 Å². The molecule has 0 bridgehead atoms. The number of nitrogens with zero attached hydrogens (tertiary/aromatic N) is 3. The maximum atomic E-state index is 12.6. The molecule has 1 aromatic carbocycles. The summed E-state index contributed by atoms with van der Waals surface area (Å²) in [4.78, 5) is 28.7. The van der Waals surface area contributed by atoms with Gasteiger partial charge in [-0.2, -0.15) is 0 Å². The molecule has 0 saturated carbocycles. The first-order valence-corrected chi connectivity index (χ1v) is 8.47. The van der Waals surface area contributed by atoms with Gasteiger partial charge in [0.2, 0.25) is 0 Å². The highest BCUT2D eigenvalue weighted by molar-refractivity contribution is 5.91. The predicted octanol–water partition coefficient (Wildman–Crippen LogP) is 1.92. The second-order valence-corrected chi connectivity index (χ2v) is 6.20. The molecule has 1 saturated heterocycles. The summed E-state index contributed by atoms with van der Waals surface area (Å²) in [5.41, 5.74) is 1.60. The molecule has 6 heteroatoms. The molecule has 132 valence electrons. The zero-order valence-corrected chi connectivity index (χ0v) is 14.6. The normalized spacial score (nSPS) is 15.8. The van der Waals surface area contributed by atoms with E-state index in [1.807, 2.05) is 18.2 Å². The third-order valence-electron chi connectivity index (χ3n) is 4.50. The lowest BCUT2D eigenvalue weighted by Gasteiger charge is -2.37. The average Bonchev–Trinajstić information content (AvgIpc) is 3.08. The number of amides is 1. The van der Waals surface area contributed by atoms with E-state index in [0.29, 0.717) is 18.8 Å². The molecule has 3 rings (SSSR count). The number of aryl methyl sites for hydroxylation is 1. The molecular formula is C19H23N3O3. The Hall–Kier alpha value is -2.76. The smallest absolute Gasteiger partial charge is 0.355 e. The second-order valence-electron chi connectivity index (χ2n) is 6.20. The van der Waals surface area contributed by atoms with Gasteiger partial charge in [0.05, 0.1) is 0 Å². The van der Waals surface area contributed by atoms with E-state index in [-0.39, 0.29) is 5.91 Å². The number of benzene rings is 1. The molecule has 1 aliphatic rings. The largest absolute Gasteiger partial charge is 0.448 e. The summed E-state index contributed by atoms with van der Waals surface area (Å²) in [6.45, 7) is 4.43. The average molecular weight is 341 g/mol. The zero-order valence-electron chi connectivity index (χ0n) is 14.6. The van der Waals surface area contributed by atoms with Crippen LogP contribution in [0.25, 0.3) is 0 Å². The van der Waals surface area contributed by atoms with Crippen molar-refractivity contribution in [2.75, 3.05) is 31.1 Å². The van der Waals surface area contributed by atoms with Crippen molar-refractivity contribution in [2.24, 2.45) is 7.05 Å². The Morgan fingerprint density at radius 3 is 2.28 bits per heavy atom. The minimum atomic E-state index is -0.786. The maximum absolute atomic E-state index is 12.6. The van der Waals surface area contributed by atoms with E-state index in [2.05, 4.69) is 17.0 Å². The van der Waals surface area contributed by atoms with Crippen LogP contribution in [0.15, 0.2) is 48.7 Å². The minimum Gasteiger partial charge on any atom is -0.448 e. The van der Waals surface area contributed by atoms with Crippen LogP contribution in [0.2, 0.25) is 0 Å². The first kappa shape index (κ1) is 17.1. The number of aromatic nitrogens is 1. The topological polar surface area (TPSA) is 54.8 Å². The highest BCUT2D eigenvalue weighted by atomic mass is 16.5. The number of rotatable bonds is 4. The van der Waals surface area contributed by atoms with Crippen LogP contribution < -0.4 is 4.90 Å². The fourth-order valence-electron chi connectivity index (χ4n) is 3.03. The van der Waals surface area contributed by atoms with Gasteiger partial charge < -0.3 is 19.1 Å². The van der Waals surface area contributed by atoms with Crippen LogP contribution >= 0.6 is 0 Å². The van der Waals surface area contributed by atoms with E-state index in [1.165, 1.54) is 0 Å². The number of hydrogen-bond donors (Lipinski definition) is 0. The van der Waals surface area contributed by atoms with Crippen molar-refractivity contribution in [1.82, 2.24) is 9.47 Å². The monoisotopic (exact) mass is 341 g/mol. The van der Waals surface area contributed by atoms with Crippen LogP contribution in [0, 0.1) is 0 Å². The highest BCUT2D eigenvalue weighted by Gasteiger charge is 2.28. The molecule has 1 amide bonds. The van der Waals surface area contributed by atoms with Gasteiger partial charge >= 0.3 is 5.97 Å². The lowest BCUT2D eigenvalue weighted by molar-refractivity contribution is -0.140. The summed E-state index contributed by atoms with van der Waals surface area (Å²) in [5.74, 6) is -0.619. The van der Waals surface area contributed by atoms with E-state index in [1.54, 1.807) is 41.8 Å². The lowest BCUT2D eigenvalue weighted by Crippen LogP contribution is -2.51. The molecule has 25 heavy (non-hydrogen) atoms. The van der Waals surface area contributed by atoms with Crippen LogP contribution in [0.5, 0.6) is 0 Å². The molecule has 2 aromatic rings. The van der Waals surface area contributed by atoms with Crippen LogP contribution in [0.1, 0.15) is 17.4 Å². The van der Waals surface area contributed by atoms with E-state index >= 15 is 0 Å². The summed E-state index contributed by atoms with van der Waals surface area (Å²) >= 11 is 0. The van der Waals surface area contributed by atoms with E-state index in [4.69, 9.17) is 4.74 Å². The Morgan fingerprint density at radius 2 is 1.68 bits per heavy atom. The van der Waals surface area contributed by atoms with Crippen LogP contribution in [0.3, 0.4) is 0 Å². The van der Waals surface area contributed by atoms with Crippen molar-refractivity contribution in [3.63, 3.8) is 0 Å². The number of carbonyl (C=O) groups is 2. The van der Waals surface area contributed by atoms with Crippen LogP contribution in [0.4, 0.5) is 5.69 Å². The summed E-state index contributed by atoms with van der Waals surface area (Å²) in [6, 6.07) is 13.6. The predicted molar refractivity (Wildman–Crippen MR) is 95.5 cm³/mol. The fourth-order valence-corrected chi connectivity index (χ4v) is 3.03. The molecular weight excluding hydrogens is 318 g/mol. The maximum Gasteiger partial charge on any atom is 0.355 e. The molecule has 0 aliphatic carbocycles. The van der Waals surface area contributed by atoms with Crippen molar-refractivity contribution in [3.8, 4) is 0 Å². The molecule has 1 aliphatic heterocycles. The summed E-state index contributed by atoms with van der Waals surface area (Å²) in [7, 11) is 1.77. The third kappa shape index (κ3) is 3.84. The summed E-state index contributed by atoms with van der Waals surface area (Å²) in [6.07, 6.45) is 0.983. The standard InChI is InChI=1S/C19H23N3O3/c1-15(25-19(24)17-9-6-10-20(17)2)18(23)22-13-11-21(12-14-22)16-7-4-3-5-8-16/h3-10,15H,11-14H2,1-2H3/t15-/m0/s1. The molecule has 0 N–H and O–H groups in total. The van der Waals surface area contributed by atoms with Crippen molar-refractivity contribution in [2.45, 2.75) is 13.0 Å². The van der Waals surface area contributed by atoms with Crippen LogP contribution in [-0.2, 0) is 16.6 Å². The van der Waals surface area contributed by atoms with Crippen LogP contribution in [-0.4, -0.2) is 53.6 Å².